The monoisotopic (exact) mass is 340 g/mol. The highest BCUT2D eigenvalue weighted by Gasteiger charge is 2.12. The summed E-state index contributed by atoms with van der Waals surface area (Å²) in [5.74, 6) is 0.726. The van der Waals surface area contributed by atoms with Crippen LogP contribution in [0, 0.1) is 0 Å². The Balaban J connectivity index is 1.77. The molecule has 3 aromatic carbocycles. The summed E-state index contributed by atoms with van der Waals surface area (Å²) in [6.45, 7) is 0. The van der Waals surface area contributed by atoms with E-state index in [-0.39, 0.29) is 4.90 Å². The SMILES string of the molecule is COc1ccc(C=NNS(=O)(=O)c2ccc3ccccc3c2)cc1. The van der Waals surface area contributed by atoms with Crippen molar-refractivity contribution in [3.8, 4) is 5.75 Å². The maximum atomic E-state index is 12.3. The first-order chi connectivity index (χ1) is 11.6. The number of nitrogens with zero attached hydrogens (tertiary/aromatic N) is 1. The van der Waals surface area contributed by atoms with Crippen molar-refractivity contribution in [1.82, 2.24) is 4.83 Å². The van der Waals surface area contributed by atoms with Crippen LogP contribution < -0.4 is 9.57 Å². The Kier molecular flexibility index (Phi) is 4.48. The van der Waals surface area contributed by atoms with E-state index in [1.807, 2.05) is 24.3 Å². The molecule has 0 saturated carbocycles. The molecule has 0 spiro atoms. The Bertz CT molecular complexity index is 981. The lowest BCUT2D eigenvalue weighted by Crippen LogP contribution is -2.18. The highest BCUT2D eigenvalue weighted by molar-refractivity contribution is 7.89. The van der Waals surface area contributed by atoms with Gasteiger partial charge in [0.25, 0.3) is 10.0 Å². The van der Waals surface area contributed by atoms with Crippen molar-refractivity contribution in [2.45, 2.75) is 4.90 Å². The van der Waals surface area contributed by atoms with E-state index in [4.69, 9.17) is 4.74 Å². The van der Waals surface area contributed by atoms with Crippen molar-refractivity contribution >= 4 is 27.0 Å². The fourth-order valence-electron chi connectivity index (χ4n) is 2.25. The Hall–Kier alpha value is -2.86. The lowest BCUT2D eigenvalue weighted by atomic mass is 10.1. The highest BCUT2D eigenvalue weighted by atomic mass is 32.2. The zero-order valence-electron chi connectivity index (χ0n) is 13.0. The summed E-state index contributed by atoms with van der Waals surface area (Å²) >= 11 is 0. The zero-order valence-corrected chi connectivity index (χ0v) is 13.8. The molecule has 0 aromatic heterocycles. The minimum Gasteiger partial charge on any atom is -0.497 e. The molecule has 0 bridgehead atoms. The van der Waals surface area contributed by atoms with Gasteiger partial charge in [0.15, 0.2) is 0 Å². The summed E-state index contributed by atoms with van der Waals surface area (Å²) < 4.78 is 29.7. The minimum atomic E-state index is -3.71. The molecule has 0 radical (unpaired) electrons. The van der Waals surface area contributed by atoms with Gasteiger partial charge in [-0.05, 0) is 52.7 Å². The minimum absolute atomic E-state index is 0.174. The number of benzene rings is 3. The van der Waals surface area contributed by atoms with Crippen molar-refractivity contribution in [2.24, 2.45) is 5.10 Å². The van der Waals surface area contributed by atoms with Crippen LogP contribution in [0.5, 0.6) is 5.75 Å². The van der Waals surface area contributed by atoms with Crippen LogP contribution >= 0.6 is 0 Å². The number of methoxy groups -OCH3 is 1. The predicted octanol–water partition coefficient (Wildman–Crippen LogP) is 3.16. The Labute approximate surface area is 140 Å². The van der Waals surface area contributed by atoms with Crippen LogP contribution in [0.15, 0.2) is 76.7 Å². The van der Waals surface area contributed by atoms with E-state index in [0.717, 1.165) is 22.1 Å². The molecule has 0 atom stereocenters. The number of hydrogen-bond acceptors (Lipinski definition) is 4. The third-order valence-electron chi connectivity index (χ3n) is 3.53. The van der Waals surface area contributed by atoms with Crippen molar-refractivity contribution < 1.29 is 13.2 Å². The van der Waals surface area contributed by atoms with Crippen LogP contribution in [0.3, 0.4) is 0 Å². The van der Waals surface area contributed by atoms with Gasteiger partial charge in [-0.2, -0.15) is 13.5 Å². The molecule has 5 nitrogen and oxygen atoms in total. The van der Waals surface area contributed by atoms with Gasteiger partial charge in [-0.15, -0.1) is 0 Å². The van der Waals surface area contributed by atoms with Gasteiger partial charge >= 0.3 is 0 Å². The number of rotatable bonds is 5. The van der Waals surface area contributed by atoms with Crippen molar-refractivity contribution in [2.75, 3.05) is 7.11 Å². The van der Waals surface area contributed by atoms with Gasteiger partial charge in [0, 0.05) is 0 Å². The van der Waals surface area contributed by atoms with Crippen LogP contribution in [0.4, 0.5) is 0 Å². The normalized spacial score (nSPS) is 11.7. The number of nitrogens with one attached hydrogen (secondary N) is 1. The average Bonchev–Trinajstić information content (AvgIpc) is 2.62. The van der Waals surface area contributed by atoms with E-state index < -0.39 is 10.0 Å². The van der Waals surface area contributed by atoms with Gasteiger partial charge in [0.2, 0.25) is 0 Å². The third kappa shape index (κ3) is 3.55. The largest absolute Gasteiger partial charge is 0.497 e. The average molecular weight is 340 g/mol. The summed E-state index contributed by atoms with van der Waals surface area (Å²) in [4.78, 5) is 2.40. The van der Waals surface area contributed by atoms with E-state index >= 15 is 0 Å². The molecule has 0 aliphatic rings. The molecule has 6 heteroatoms. The molecule has 0 aliphatic heterocycles. The van der Waals surface area contributed by atoms with E-state index in [1.54, 1.807) is 49.6 Å². The van der Waals surface area contributed by atoms with Crippen LogP contribution in [-0.4, -0.2) is 21.7 Å². The van der Waals surface area contributed by atoms with Crippen molar-refractivity contribution in [3.63, 3.8) is 0 Å². The maximum absolute atomic E-state index is 12.3. The molecular weight excluding hydrogens is 324 g/mol. The molecule has 0 fully saturated rings. The zero-order chi connectivity index (χ0) is 17.0. The molecule has 0 saturated heterocycles. The third-order valence-corrected chi connectivity index (χ3v) is 4.75. The highest BCUT2D eigenvalue weighted by Crippen LogP contribution is 2.18. The van der Waals surface area contributed by atoms with Gasteiger partial charge in [0.05, 0.1) is 18.2 Å². The lowest BCUT2D eigenvalue weighted by molar-refractivity contribution is 0.415. The summed E-state index contributed by atoms with van der Waals surface area (Å²) in [7, 11) is -2.12. The molecular formula is C18H16N2O3S. The predicted molar refractivity (Wildman–Crippen MR) is 94.9 cm³/mol. The van der Waals surface area contributed by atoms with E-state index in [1.165, 1.54) is 6.21 Å². The topological polar surface area (TPSA) is 67.8 Å². The van der Waals surface area contributed by atoms with Crippen LogP contribution in [0.1, 0.15) is 5.56 Å². The molecule has 0 unspecified atom stereocenters. The molecule has 0 heterocycles. The Morgan fingerprint density at radius 3 is 2.38 bits per heavy atom. The summed E-state index contributed by atoms with van der Waals surface area (Å²) in [6, 6.07) is 19.7. The molecule has 0 amide bonds. The quantitative estimate of drug-likeness (QED) is 0.573. The summed E-state index contributed by atoms with van der Waals surface area (Å²) in [6.07, 6.45) is 1.44. The molecule has 1 N–H and O–H groups in total. The van der Waals surface area contributed by atoms with Gasteiger partial charge in [-0.1, -0.05) is 30.3 Å². The second kappa shape index (κ2) is 6.72. The molecule has 122 valence electrons. The second-order valence-electron chi connectivity index (χ2n) is 5.14. The summed E-state index contributed by atoms with van der Waals surface area (Å²) in [5.41, 5.74) is 0.761. The van der Waals surface area contributed by atoms with Crippen molar-refractivity contribution in [3.05, 3.63) is 72.3 Å². The van der Waals surface area contributed by atoms with E-state index in [9.17, 15) is 8.42 Å². The van der Waals surface area contributed by atoms with E-state index in [0.29, 0.717) is 0 Å². The lowest BCUT2D eigenvalue weighted by Gasteiger charge is -2.05. The van der Waals surface area contributed by atoms with E-state index in [2.05, 4.69) is 9.93 Å². The van der Waals surface area contributed by atoms with Crippen LogP contribution in [0.2, 0.25) is 0 Å². The van der Waals surface area contributed by atoms with Gasteiger partial charge in [0.1, 0.15) is 5.75 Å². The number of fused-ring (bicyclic) bond motifs is 1. The number of hydrogen-bond donors (Lipinski definition) is 1. The first-order valence-corrected chi connectivity index (χ1v) is 8.74. The number of hydrazone groups is 1. The fourth-order valence-corrected chi connectivity index (χ4v) is 3.07. The molecule has 3 aromatic rings. The van der Waals surface area contributed by atoms with Crippen LogP contribution in [-0.2, 0) is 10.0 Å². The van der Waals surface area contributed by atoms with Crippen LogP contribution in [0.25, 0.3) is 10.8 Å². The van der Waals surface area contributed by atoms with Crippen molar-refractivity contribution in [1.29, 1.82) is 0 Å². The fraction of sp³-hybridized carbons (Fsp3) is 0.0556. The van der Waals surface area contributed by atoms with Gasteiger partial charge in [-0.3, -0.25) is 0 Å². The molecule has 3 rings (SSSR count). The van der Waals surface area contributed by atoms with Gasteiger partial charge in [-0.25, -0.2) is 4.83 Å². The van der Waals surface area contributed by atoms with Gasteiger partial charge < -0.3 is 4.74 Å². The molecule has 24 heavy (non-hydrogen) atoms. The molecule has 0 aliphatic carbocycles. The summed E-state index contributed by atoms with van der Waals surface area (Å²) in [5, 5.41) is 5.67. The standard InChI is InChI=1S/C18H16N2O3S/c1-23-17-9-6-14(7-10-17)13-19-20-24(21,22)18-11-8-15-4-2-3-5-16(15)12-18/h2-13,20H,1H3. The Morgan fingerprint density at radius 1 is 0.958 bits per heavy atom. The Morgan fingerprint density at radius 2 is 1.67 bits per heavy atom. The second-order valence-corrected chi connectivity index (χ2v) is 6.80. The number of sulfonamides is 1. The number of ether oxygens (including phenoxy) is 1. The smallest absolute Gasteiger partial charge is 0.276 e. The first kappa shape index (κ1) is 16.0. The first-order valence-electron chi connectivity index (χ1n) is 7.26. The maximum Gasteiger partial charge on any atom is 0.276 e.